The monoisotopic (exact) mass is 569 g/mol. The summed E-state index contributed by atoms with van der Waals surface area (Å²) in [7, 11) is 0. The number of hydrogen-bond donors (Lipinski definition) is 0. The van der Waals surface area contributed by atoms with Gasteiger partial charge in [-0.15, -0.1) is 6.58 Å². The van der Waals surface area contributed by atoms with Gasteiger partial charge >= 0.3 is 0 Å². The van der Waals surface area contributed by atoms with Crippen molar-refractivity contribution in [2.45, 2.75) is 26.7 Å². The lowest BCUT2D eigenvalue weighted by Gasteiger charge is -2.22. The summed E-state index contributed by atoms with van der Waals surface area (Å²) in [5.41, 5.74) is 12.3. The fourth-order valence-electron chi connectivity index (χ4n) is 6.48. The second kappa shape index (κ2) is 11.4. The highest BCUT2D eigenvalue weighted by atomic mass is 15.1. The van der Waals surface area contributed by atoms with Gasteiger partial charge in [-0.1, -0.05) is 91.1 Å². The predicted octanol–water partition coefficient (Wildman–Crippen LogP) is 10.5. The van der Waals surface area contributed by atoms with E-state index in [4.69, 9.17) is 9.97 Å². The Balaban J connectivity index is 1.27. The van der Waals surface area contributed by atoms with E-state index in [0.717, 1.165) is 46.1 Å². The SMILES string of the molecule is C=CCc1c(/C=C(\C)C2C=C/C(=C/C(=C\C)c3ccc4ccccc4c3)C(=C)C2)c2cccnc2n2c1nc1ccccc12. The molecule has 0 aliphatic heterocycles. The van der Waals surface area contributed by atoms with E-state index in [1.165, 1.54) is 44.2 Å². The summed E-state index contributed by atoms with van der Waals surface area (Å²) < 4.78 is 2.20. The Morgan fingerprint density at radius 3 is 2.61 bits per heavy atom. The van der Waals surface area contributed by atoms with Crippen molar-refractivity contribution in [1.29, 1.82) is 0 Å². The molecule has 0 radical (unpaired) electrons. The zero-order valence-electron chi connectivity index (χ0n) is 25.3. The van der Waals surface area contributed by atoms with Crippen LogP contribution in [0.5, 0.6) is 0 Å². The number of fused-ring (bicyclic) bond motifs is 6. The lowest BCUT2D eigenvalue weighted by molar-refractivity contribution is 0.744. The average molecular weight is 570 g/mol. The van der Waals surface area contributed by atoms with Gasteiger partial charge in [0.1, 0.15) is 11.3 Å². The minimum Gasteiger partial charge on any atom is -0.276 e. The molecule has 1 atom stereocenters. The molecule has 1 aliphatic carbocycles. The van der Waals surface area contributed by atoms with Gasteiger partial charge in [0.05, 0.1) is 11.0 Å². The van der Waals surface area contributed by atoms with Gasteiger partial charge in [-0.25, -0.2) is 9.97 Å². The van der Waals surface area contributed by atoms with Gasteiger partial charge in [0, 0.05) is 23.1 Å². The lowest BCUT2D eigenvalue weighted by atomic mass is 9.82. The quantitative estimate of drug-likeness (QED) is 0.187. The zero-order valence-corrected chi connectivity index (χ0v) is 25.3. The third-order valence-corrected chi connectivity index (χ3v) is 8.84. The molecule has 0 saturated carbocycles. The summed E-state index contributed by atoms with van der Waals surface area (Å²) in [6, 6.07) is 27.7. The second-order valence-electron chi connectivity index (χ2n) is 11.6. The molecule has 1 aliphatic rings. The van der Waals surface area contributed by atoms with Crippen LogP contribution < -0.4 is 0 Å². The molecule has 44 heavy (non-hydrogen) atoms. The molecule has 7 rings (SSSR count). The molecule has 3 aromatic heterocycles. The fourth-order valence-corrected chi connectivity index (χ4v) is 6.48. The van der Waals surface area contributed by atoms with Gasteiger partial charge in [-0.05, 0) is 102 Å². The maximum absolute atomic E-state index is 5.07. The maximum atomic E-state index is 5.07. The molecule has 214 valence electrons. The van der Waals surface area contributed by atoms with E-state index in [0.29, 0.717) is 0 Å². The van der Waals surface area contributed by atoms with Gasteiger partial charge in [0.2, 0.25) is 0 Å². The summed E-state index contributed by atoms with van der Waals surface area (Å²) in [5, 5.41) is 3.62. The van der Waals surface area contributed by atoms with E-state index < -0.39 is 0 Å². The van der Waals surface area contributed by atoms with Crippen molar-refractivity contribution in [2.24, 2.45) is 5.92 Å². The summed E-state index contributed by atoms with van der Waals surface area (Å²) in [6.45, 7) is 12.9. The van der Waals surface area contributed by atoms with Gasteiger partial charge in [0.25, 0.3) is 0 Å². The molecule has 0 N–H and O–H groups in total. The number of allylic oxidation sites excluding steroid dienone is 9. The zero-order chi connectivity index (χ0) is 30.2. The topological polar surface area (TPSA) is 30.2 Å². The maximum Gasteiger partial charge on any atom is 0.146 e. The molecule has 0 bridgehead atoms. The van der Waals surface area contributed by atoms with Crippen LogP contribution in [-0.4, -0.2) is 14.4 Å². The van der Waals surface area contributed by atoms with Gasteiger partial charge < -0.3 is 0 Å². The highest BCUT2D eigenvalue weighted by molar-refractivity contribution is 5.96. The Labute approximate surface area is 258 Å². The van der Waals surface area contributed by atoms with Crippen molar-refractivity contribution in [1.82, 2.24) is 14.4 Å². The van der Waals surface area contributed by atoms with E-state index in [1.807, 2.05) is 24.4 Å². The molecular formula is C41H35N3. The first-order valence-electron chi connectivity index (χ1n) is 15.2. The van der Waals surface area contributed by atoms with Crippen molar-refractivity contribution < 1.29 is 0 Å². The molecule has 0 amide bonds. The van der Waals surface area contributed by atoms with E-state index in [9.17, 15) is 0 Å². The van der Waals surface area contributed by atoms with E-state index in [-0.39, 0.29) is 5.92 Å². The third kappa shape index (κ3) is 4.81. The van der Waals surface area contributed by atoms with Crippen molar-refractivity contribution >= 4 is 50.1 Å². The first kappa shape index (κ1) is 27.5. The standard InChI is InChI=1S/C41H35N3/c1-5-12-35-37(36-15-11-22-42-40(36)44-39-17-10-9-16-38(39)43-41(35)44)24-28(4)31-19-20-32(27(3)23-31)25-29(6-2)34-21-18-30-13-7-8-14-33(30)26-34/h5-11,13-22,24-26,31H,1,3,12,23H2,2,4H3/b28-24+,29-6+,32-25-. The molecule has 0 fully saturated rings. The van der Waals surface area contributed by atoms with Gasteiger partial charge in [-0.2, -0.15) is 0 Å². The second-order valence-corrected chi connectivity index (χ2v) is 11.6. The number of hydrogen-bond acceptors (Lipinski definition) is 2. The van der Waals surface area contributed by atoms with Crippen LogP contribution in [0.4, 0.5) is 0 Å². The average Bonchev–Trinajstić information content (AvgIpc) is 3.45. The van der Waals surface area contributed by atoms with Crippen LogP contribution >= 0.6 is 0 Å². The van der Waals surface area contributed by atoms with Gasteiger partial charge in [0.15, 0.2) is 0 Å². The van der Waals surface area contributed by atoms with Crippen LogP contribution in [0.25, 0.3) is 50.1 Å². The summed E-state index contributed by atoms with van der Waals surface area (Å²) in [5.74, 6) is 0.257. The van der Waals surface area contributed by atoms with Crippen molar-refractivity contribution in [3.05, 3.63) is 162 Å². The molecule has 0 saturated heterocycles. The van der Waals surface area contributed by atoms with Crippen LogP contribution in [0.3, 0.4) is 0 Å². The Bertz CT molecular complexity index is 2240. The number of aromatic nitrogens is 3. The molecule has 1 unspecified atom stereocenters. The molecule has 3 heteroatoms. The Morgan fingerprint density at radius 1 is 0.977 bits per heavy atom. The molecule has 6 aromatic rings. The molecule has 0 spiro atoms. The Hall–Kier alpha value is -5.28. The number of para-hydroxylation sites is 2. The minimum atomic E-state index is 0.257. The number of pyridine rings is 2. The number of imidazole rings is 1. The highest BCUT2D eigenvalue weighted by Gasteiger charge is 2.20. The van der Waals surface area contributed by atoms with E-state index in [1.54, 1.807) is 0 Å². The minimum absolute atomic E-state index is 0.257. The van der Waals surface area contributed by atoms with Crippen LogP contribution in [0, 0.1) is 5.92 Å². The summed E-state index contributed by atoms with van der Waals surface area (Å²) in [6.07, 6.45) is 16.8. The summed E-state index contributed by atoms with van der Waals surface area (Å²) in [4.78, 5) is 9.91. The first-order chi connectivity index (χ1) is 21.6. The number of rotatable bonds is 6. The van der Waals surface area contributed by atoms with E-state index in [2.05, 4.69) is 129 Å². The normalized spacial score (nSPS) is 17.0. The van der Waals surface area contributed by atoms with Crippen molar-refractivity contribution in [2.75, 3.05) is 0 Å². The Kier molecular flexibility index (Phi) is 7.15. The summed E-state index contributed by atoms with van der Waals surface area (Å²) >= 11 is 0. The van der Waals surface area contributed by atoms with Crippen LogP contribution in [0.15, 0.2) is 145 Å². The van der Waals surface area contributed by atoms with Gasteiger partial charge in [-0.3, -0.25) is 4.40 Å². The fraction of sp³-hybridized carbons (Fsp3) is 0.122. The predicted molar refractivity (Wildman–Crippen MR) is 188 cm³/mol. The third-order valence-electron chi connectivity index (χ3n) is 8.84. The number of nitrogens with zero attached hydrogens (tertiary/aromatic N) is 3. The van der Waals surface area contributed by atoms with E-state index >= 15 is 0 Å². The van der Waals surface area contributed by atoms with Crippen LogP contribution in [-0.2, 0) is 6.42 Å². The van der Waals surface area contributed by atoms with Crippen LogP contribution in [0.1, 0.15) is 37.0 Å². The molecular weight excluding hydrogens is 534 g/mol. The van der Waals surface area contributed by atoms with Crippen molar-refractivity contribution in [3.63, 3.8) is 0 Å². The first-order valence-corrected chi connectivity index (χ1v) is 15.2. The lowest BCUT2D eigenvalue weighted by Crippen LogP contribution is -2.07. The highest BCUT2D eigenvalue weighted by Crippen LogP contribution is 2.36. The van der Waals surface area contributed by atoms with Crippen molar-refractivity contribution in [3.8, 4) is 0 Å². The number of benzene rings is 3. The largest absolute Gasteiger partial charge is 0.276 e. The van der Waals surface area contributed by atoms with Crippen LogP contribution in [0.2, 0.25) is 0 Å². The smallest absolute Gasteiger partial charge is 0.146 e. The Morgan fingerprint density at radius 2 is 1.80 bits per heavy atom. The molecule has 3 aromatic carbocycles. The molecule has 3 heterocycles. The molecule has 3 nitrogen and oxygen atoms in total.